The molecule has 208 valence electrons. The molecule has 3 aliphatic heterocycles. The van der Waals surface area contributed by atoms with Crippen LogP contribution in [0.15, 0.2) is 25.3 Å². The Morgan fingerprint density at radius 3 is 2.43 bits per heavy atom. The van der Waals surface area contributed by atoms with Crippen LogP contribution in [-0.2, 0) is 14.4 Å². The topological polar surface area (TPSA) is 81.2 Å². The van der Waals surface area contributed by atoms with Crippen molar-refractivity contribution in [3.05, 3.63) is 25.3 Å². The van der Waals surface area contributed by atoms with E-state index in [-0.39, 0.29) is 46.4 Å². The van der Waals surface area contributed by atoms with E-state index in [4.69, 9.17) is 0 Å². The molecule has 4 unspecified atom stereocenters. The third kappa shape index (κ3) is 5.05. The molecule has 0 radical (unpaired) electrons. The molecular formula is C28H44BrN3O4S. The number of hydrogen-bond acceptors (Lipinski definition) is 5. The minimum Gasteiger partial charge on any atom is -0.394 e. The zero-order valence-corrected chi connectivity index (χ0v) is 25.3. The number of nitrogens with zero attached hydrogens (tertiary/aromatic N) is 3. The molecule has 3 saturated heterocycles. The molecule has 7 nitrogen and oxygen atoms in total. The number of carbonyl (C=O) groups excluding carboxylic acids is 3. The molecule has 0 saturated carbocycles. The van der Waals surface area contributed by atoms with Crippen LogP contribution >= 0.6 is 27.7 Å². The molecule has 0 aromatic heterocycles. The van der Waals surface area contributed by atoms with E-state index in [1.807, 2.05) is 25.7 Å². The number of halogens is 1. The van der Waals surface area contributed by atoms with E-state index >= 15 is 0 Å². The Labute approximate surface area is 235 Å². The summed E-state index contributed by atoms with van der Waals surface area (Å²) in [4.78, 5) is 47.8. The van der Waals surface area contributed by atoms with Crippen molar-refractivity contribution in [1.82, 2.24) is 14.7 Å². The Balaban J connectivity index is 2.16. The van der Waals surface area contributed by atoms with Gasteiger partial charge in [0.25, 0.3) is 0 Å². The predicted octanol–water partition coefficient (Wildman–Crippen LogP) is 3.71. The van der Waals surface area contributed by atoms with E-state index in [9.17, 15) is 19.5 Å². The van der Waals surface area contributed by atoms with Crippen LogP contribution in [0.25, 0.3) is 0 Å². The van der Waals surface area contributed by atoms with Crippen LogP contribution in [0.3, 0.4) is 0 Å². The first-order chi connectivity index (χ1) is 17.6. The zero-order chi connectivity index (χ0) is 27.7. The number of fused-ring (bicyclic) bond motifs is 1. The minimum atomic E-state index is -0.743. The van der Waals surface area contributed by atoms with Crippen LogP contribution in [0.1, 0.15) is 53.4 Å². The molecule has 3 rings (SSSR count). The molecule has 3 aliphatic rings. The highest BCUT2D eigenvalue weighted by molar-refractivity contribution is 9.09. The Kier molecular flexibility index (Phi) is 10.0. The largest absolute Gasteiger partial charge is 0.394 e. The van der Waals surface area contributed by atoms with Gasteiger partial charge in [-0.2, -0.15) is 0 Å². The van der Waals surface area contributed by atoms with Gasteiger partial charge < -0.3 is 19.8 Å². The quantitative estimate of drug-likeness (QED) is 0.258. The van der Waals surface area contributed by atoms with Gasteiger partial charge in [0.15, 0.2) is 0 Å². The molecule has 9 atom stereocenters. The second-order valence-electron chi connectivity index (χ2n) is 11.0. The van der Waals surface area contributed by atoms with Crippen molar-refractivity contribution in [2.24, 2.45) is 17.8 Å². The van der Waals surface area contributed by atoms with E-state index in [1.165, 1.54) is 0 Å². The lowest BCUT2D eigenvalue weighted by atomic mass is 9.70. The number of likely N-dealkylation sites (tertiary alicyclic amines) is 1. The summed E-state index contributed by atoms with van der Waals surface area (Å²) in [6, 6.07) is -1.25. The van der Waals surface area contributed by atoms with Crippen LogP contribution in [-0.4, -0.2) is 97.2 Å². The molecule has 0 aromatic carbocycles. The molecule has 3 heterocycles. The maximum Gasteiger partial charge on any atom is 0.247 e. The number of aliphatic hydroxyl groups is 1. The van der Waals surface area contributed by atoms with Crippen LogP contribution in [0.5, 0.6) is 0 Å². The van der Waals surface area contributed by atoms with Gasteiger partial charge in [0.2, 0.25) is 17.7 Å². The van der Waals surface area contributed by atoms with Gasteiger partial charge in [0.05, 0.1) is 29.2 Å². The normalized spacial score (nSPS) is 32.6. The number of thioether (sulfide) groups is 1. The van der Waals surface area contributed by atoms with E-state index in [1.54, 1.807) is 40.8 Å². The molecule has 3 fully saturated rings. The highest BCUT2D eigenvalue weighted by atomic mass is 79.9. The van der Waals surface area contributed by atoms with Gasteiger partial charge in [0, 0.05) is 36.3 Å². The SMILES string of the molecule is C=CCN(C)C(=O)[C@H]1[C@H]2C(=O)N([C@@H](CO)[C@@H](C)CC)C(C(=O)N(CC=C)C(C)CCC)C23CC(Br)[C@@H]1S3. The van der Waals surface area contributed by atoms with Gasteiger partial charge in [-0.05, 0) is 25.7 Å². The lowest BCUT2D eigenvalue weighted by molar-refractivity contribution is -0.148. The van der Waals surface area contributed by atoms with Crippen molar-refractivity contribution in [2.75, 3.05) is 26.7 Å². The summed E-state index contributed by atoms with van der Waals surface area (Å²) < 4.78 is -0.728. The number of hydrogen-bond donors (Lipinski definition) is 1. The molecule has 0 aromatic rings. The molecule has 0 aliphatic carbocycles. The fraction of sp³-hybridized carbons (Fsp3) is 0.750. The van der Waals surface area contributed by atoms with Gasteiger partial charge >= 0.3 is 0 Å². The van der Waals surface area contributed by atoms with Gasteiger partial charge in [-0.1, -0.05) is 61.7 Å². The number of amides is 3. The van der Waals surface area contributed by atoms with Gasteiger partial charge in [-0.15, -0.1) is 24.9 Å². The smallest absolute Gasteiger partial charge is 0.247 e. The lowest BCUT2D eigenvalue weighted by Gasteiger charge is -2.42. The number of aliphatic hydroxyl groups excluding tert-OH is 1. The summed E-state index contributed by atoms with van der Waals surface area (Å²) in [6.07, 6.45) is 6.59. The maximum absolute atomic E-state index is 14.5. The van der Waals surface area contributed by atoms with Crippen molar-refractivity contribution >= 4 is 45.4 Å². The summed E-state index contributed by atoms with van der Waals surface area (Å²) in [5.74, 6) is -1.48. The first kappa shape index (κ1) is 30.2. The Morgan fingerprint density at radius 2 is 1.89 bits per heavy atom. The van der Waals surface area contributed by atoms with E-state index in [0.29, 0.717) is 19.5 Å². The van der Waals surface area contributed by atoms with Crippen molar-refractivity contribution in [2.45, 2.75) is 86.3 Å². The predicted molar refractivity (Wildman–Crippen MR) is 153 cm³/mol. The average Bonchev–Trinajstić information content (AvgIpc) is 3.46. The molecule has 9 heteroatoms. The molecule has 37 heavy (non-hydrogen) atoms. The average molecular weight is 599 g/mol. The number of carbonyl (C=O) groups is 3. The summed E-state index contributed by atoms with van der Waals surface area (Å²) in [6.45, 7) is 16.4. The summed E-state index contributed by atoms with van der Waals surface area (Å²) >= 11 is 5.47. The molecule has 3 amide bonds. The molecular weight excluding hydrogens is 554 g/mol. The monoisotopic (exact) mass is 597 g/mol. The minimum absolute atomic E-state index is 0.0000424. The molecule has 2 bridgehead atoms. The number of alkyl halides is 1. The highest BCUT2D eigenvalue weighted by Gasteiger charge is 2.76. The summed E-state index contributed by atoms with van der Waals surface area (Å²) in [7, 11) is 1.74. The third-order valence-electron chi connectivity index (χ3n) is 8.72. The Hall–Kier alpha value is -1.32. The maximum atomic E-state index is 14.5. The first-order valence-corrected chi connectivity index (χ1v) is 15.4. The fourth-order valence-corrected chi connectivity index (χ4v) is 10.3. The van der Waals surface area contributed by atoms with Crippen LogP contribution in [0, 0.1) is 17.8 Å². The zero-order valence-electron chi connectivity index (χ0n) is 22.9. The van der Waals surface area contributed by atoms with Crippen molar-refractivity contribution < 1.29 is 19.5 Å². The summed E-state index contributed by atoms with van der Waals surface area (Å²) in [5, 5.41) is 10.4. The van der Waals surface area contributed by atoms with E-state index in [0.717, 1.165) is 19.3 Å². The third-order valence-corrected chi connectivity index (χ3v) is 11.9. The Morgan fingerprint density at radius 1 is 1.24 bits per heavy atom. The highest BCUT2D eigenvalue weighted by Crippen LogP contribution is 2.68. The summed E-state index contributed by atoms with van der Waals surface area (Å²) in [5.41, 5.74) is 0. The van der Waals surface area contributed by atoms with Crippen LogP contribution in [0.2, 0.25) is 0 Å². The van der Waals surface area contributed by atoms with Crippen molar-refractivity contribution in [3.8, 4) is 0 Å². The lowest BCUT2D eigenvalue weighted by Crippen LogP contribution is -2.60. The standard InChI is InChI=1S/C28H44BrN3O4S/c1-8-12-18(6)31(14-10-3)27(36)24-28-15-19(29)23(37-28)21(25(34)30(7)13-9-2)22(28)26(35)32(24)20(16-33)17(5)11-4/h9-10,17-24,33H,2-3,8,11-16H2,1,4-7H3/t17-,18?,19?,20-,21-,22-,23-,24?,28?/m0/s1. The van der Waals surface area contributed by atoms with Gasteiger partial charge in [0.1, 0.15) is 6.04 Å². The van der Waals surface area contributed by atoms with E-state index < -0.39 is 28.7 Å². The van der Waals surface area contributed by atoms with Crippen molar-refractivity contribution in [1.29, 1.82) is 0 Å². The second kappa shape index (κ2) is 12.2. The van der Waals surface area contributed by atoms with E-state index in [2.05, 4.69) is 36.0 Å². The van der Waals surface area contributed by atoms with Gasteiger partial charge in [-0.25, -0.2) is 0 Å². The van der Waals surface area contributed by atoms with Crippen LogP contribution < -0.4 is 0 Å². The second-order valence-corrected chi connectivity index (χ2v) is 13.7. The van der Waals surface area contributed by atoms with Crippen molar-refractivity contribution in [3.63, 3.8) is 0 Å². The number of rotatable bonds is 13. The van der Waals surface area contributed by atoms with Crippen LogP contribution in [0.4, 0.5) is 0 Å². The fourth-order valence-electron chi connectivity index (χ4n) is 6.70. The molecule has 1 N–H and O–H groups in total. The first-order valence-electron chi connectivity index (χ1n) is 13.6. The number of likely N-dealkylation sites (N-methyl/N-ethyl adjacent to an activating group) is 1. The molecule has 1 spiro atoms. The van der Waals surface area contributed by atoms with Gasteiger partial charge in [-0.3, -0.25) is 14.4 Å². The Bertz CT molecular complexity index is 903.